The summed E-state index contributed by atoms with van der Waals surface area (Å²) in [6.07, 6.45) is 1.82. The lowest BCUT2D eigenvalue weighted by molar-refractivity contribution is 0.728. The van der Waals surface area contributed by atoms with Gasteiger partial charge in [0.05, 0.1) is 16.7 Å². The van der Waals surface area contributed by atoms with E-state index >= 15 is 0 Å². The highest BCUT2D eigenvalue weighted by Gasteiger charge is 2.15. The van der Waals surface area contributed by atoms with Gasteiger partial charge < -0.3 is 0 Å². The van der Waals surface area contributed by atoms with Crippen molar-refractivity contribution in [1.82, 2.24) is 24.3 Å². The smallest absolute Gasteiger partial charge is 0.261 e. The van der Waals surface area contributed by atoms with Crippen molar-refractivity contribution in [2.24, 2.45) is 7.05 Å². The molecule has 2 heterocycles. The third kappa shape index (κ3) is 3.36. The lowest BCUT2D eigenvalue weighted by atomic mass is 10.2. The monoisotopic (exact) mass is 389 g/mol. The number of allylic oxidation sites excluding steroid dienone is 1. The molecular weight excluding hydrogens is 370 g/mol. The molecule has 0 atom stereocenters. The molecule has 0 bridgehead atoms. The van der Waals surface area contributed by atoms with Gasteiger partial charge in [0, 0.05) is 19.2 Å². The van der Waals surface area contributed by atoms with Crippen LogP contribution in [0.2, 0.25) is 0 Å². The first kappa shape index (κ1) is 18.2. The van der Waals surface area contributed by atoms with Crippen molar-refractivity contribution in [2.45, 2.75) is 17.5 Å². The number of hydrogen-bond acceptors (Lipinski definition) is 5. The first-order valence-electron chi connectivity index (χ1n) is 8.86. The molecule has 0 amide bonds. The van der Waals surface area contributed by atoms with Crippen molar-refractivity contribution >= 4 is 22.7 Å². The van der Waals surface area contributed by atoms with E-state index in [4.69, 9.17) is 0 Å². The lowest BCUT2D eigenvalue weighted by Gasteiger charge is -2.10. The second-order valence-electron chi connectivity index (χ2n) is 6.27. The van der Waals surface area contributed by atoms with Gasteiger partial charge in [-0.1, -0.05) is 60.3 Å². The number of rotatable bonds is 6. The zero-order valence-corrected chi connectivity index (χ0v) is 16.3. The van der Waals surface area contributed by atoms with Crippen LogP contribution in [0.1, 0.15) is 5.82 Å². The normalized spacial score (nSPS) is 11.0. The number of aromatic nitrogens is 5. The second-order valence-corrected chi connectivity index (χ2v) is 7.21. The standard InChI is InChI=1S/C21H19N5OS/c1-3-13-26-19(15-9-5-4-6-10-15)23-24-21(26)28-14-18-22-17-12-8-7-11-16(17)20(27)25(18)2/h3-12H,1,13-14H2,2H3. The SMILES string of the molecule is C=CCn1c(SCc2nc3ccccc3c(=O)n2C)nnc1-c1ccccc1. The van der Waals surface area contributed by atoms with E-state index in [9.17, 15) is 4.79 Å². The minimum Gasteiger partial charge on any atom is -0.299 e. The Morgan fingerprint density at radius 3 is 2.61 bits per heavy atom. The lowest BCUT2D eigenvalue weighted by Crippen LogP contribution is -2.22. The maximum atomic E-state index is 12.6. The number of thioether (sulfide) groups is 1. The highest BCUT2D eigenvalue weighted by molar-refractivity contribution is 7.98. The molecule has 0 spiro atoms. The Labute approximate surface area is 166 Å². The fourth-order valence-electron chi connectivity index (χ4n) is 3.01. The Morgan fingerprint density at radius 1 is 1.07 bits per heavy atom. The summed E-state index contributed by atoms with van der Waals surface area (Å²) in [6.45, 7) is 4.45. The topological polar surface area (TPSA) is 65.6 Å². The zero-order chi connectivity index (χ0) is 19.5. The summed E-state index contributed by atoms with van der Waals surface area (Å²) in [5.41, 5.74) is 1.66. The summed E-state index contributed by atoms with van der Waals surface area (Å²) in [4.78, 5) is 17.2. The Morgan fingerprint density at radius 2 is 1.82 bits per heavy atom. The van der Waals surface area contributed by atoms with E-state index in [1.54, 1.807) is 17.7 Å². The van der Waals surface area contributed by atoms with Crippen LogP contribution in [0, 0.1) is 0 Å². The summed E-state index contributed by atoms with van der Waals surface area (Å²) >= 11 is 1.51. The van der Waals surface area contributed by atoms with Crippen LogP contribution in [0.3, 0.4) is 0 Å². The molecule has 4 rings (SSSR count). The Balaban J connectivity index is 1.66. The largest absolute Gasteiger partial charge is 0.299 e. The molecule has 7 heteroatoms. The van der Waals surface area contributed by atoms with E-state index in [0.29, 0.717) is 29.0 Å². The van der Waals surface area contributed by atoms with Crippen LogP contribution in [0.25, 0.3) is 22.3 Å². The van der Waals surface area contributed by atoms with Gasteiger partial charge in [0.25, 0.3) is 5.56 Å². The first-order valence-corrected chi connectivity index (χ1v) is 9.84. The summed E-state index contributed by atoms with van der Waals surface area (Å²) in [6, 6.07) is 17.3. The van der Waals surface area contributed by atoms with E-state index < -0.39 is 0 Å². The van der Waals surface area contributed by atoms with Crippen LogP contribution in [0.5, 0.6) is 0 Å². The van der Waals surface area contributed by atoms with Gasteiger partial charge >= 0.3 is 0 Å². The Bertz CT molecular complexity index is 1200. The third-order valence-corrected chi connectivity index (χ3v) is 5.43. The average molecular weight is 389 g/mol. The molecule has 140 valence electrons. The molecule has 0 saturated heterocycles. The van der Waals surface area contributed by atoms with E-state index in [0.717, 1.165) is 16.5 Å². The minimum absolute atomic E-state index is 0.0428. The number of fused-ring (bicyclic) bond motifs is 1. The summed E-state index contributed by atoms with van der Waals surface area (Å²) in [5, 5.41) is 10.1. The Hall–Kier alpha value is -3.19. The van der Waals surface area contributed by atoms with E-state index in [2.05, 4.69) is 21.8 Å². The molecule has 0 aliphatic rings. The fraction of sp³-hybridized carbons (Fsp3) is 0.143. The number of hydrogen-bond donors (Lipinski definition) is 0. The zero-order valence-electron chi connectivity index (χ0n) is 15.4. The van der Waals surface area contributed by atoms with Crippen LogP contribution in [0.4, 0.5) is 0 Å². The van der Waals surface area contributed by atoms with Crippen molar-refractivity contribution in [3.63, 3.8) is 0 Å². The molecule has 0 N–H and O–H groups in total. The van der Waals surface area contributed by atoms with Crippen molar-refractivity contribution in [3.05, 3.63) is 83.4 Å². The molecule has 28 heavy (non-hydrogen) atoms. The van der Waals surface area contributed by atoms with Crippen LogP contribution < -0.4 is 5.56 Å². The highest BCUT2D eigenvalue weighted by atomic mass is 32.2. The van der Waals surface area contributed by atoms with Crippen molar-refractivity contribution in [1.29, 1.82) is 0 Å². The first-order chi connectivity index (χ1) is 13.7. The molecule has 4 aromatic rings. The Kier molecular flexibility index (Phi) is 5.08. The van der Waals surface area contributed by atoms with Gasteiger partial charge in [-0.15, -0.1) is 16.8 Å². The van der Waals surface area contributed by atoms with Crippen LogP contribution in [-0.4, -0.2) is 24.3 Å². The van der Waals surface area contributed by atoms with Gasteiger partial charge in [-0.2, -0.15) is 0 Å². The van der Waals surface area contributed by atoms with Gasteiger partial charge in [-0.05, 0) is 12.1 Å². The van der Waals surface area contributed by atoms with Crippen molar-refractivity contribution < 1.29 is 0 Å². The number of para-hydroxylation sites is 1. The summed E-state index contributed by atoms with van der Waals surface area (Å²) < 4.78 is 3.62. The molecule has 0 aliphatic carbocycles. The average Bonchev–Trinajstić information content (AvgIpc) is 3.13. The number of benzene rings is 2. The van der Waals surface area contributed by atoms with Gasteiger partial charge in [0.15, 0.2) is 11.0 Å². The highest BCUT2D eigenvalue weighted by Crippen LogP contribution is 2.26. The third-order valence-electron chi connectivity index (χ3n) is 4.47. The predicted octanol–water partition coefficient (Wildman–Crippen LogP) is 3.67. The maximum absolute atomic E-state index is 12.6. The van der Waals surface area contributed by atoms with Crippen LogP contribution >= 0.6 is 11.8 Å². The van der Waals surface area contributed by atoms with Gasteiger partial charge in [0.2, 0.25) is 0 Å². The summed E-state index contributed by atoms with van der Waals surface area (Å²) in [7, 11) is 1.75. The molecule has 0 saturated carbocycles. The van der Waals surface area contributed by atoms with Crippen LogP contribution in [-0.2, 0) is 19.3 Å². The second kappa shape index (κ2) is 7.82. The maximum Gasteiger partial charge on any atom is 0.261 e. The van der Waals surface area contributed by atoms with E-state index in [1.165, 1.54) is 11.8 Å². The minimum atomic E-state index is -0.0428. The number of nitrogens with zero attached hydrogens (tertiary/aromatic N) is 5. The quantitative estimate of drug-likeness (QED) is 0.372. The van der Waals surface area contributed by atoms with Gasteiger partial charge in [-0.25, -0.2) is 4.98 Å². The van der Waals surface area contributed by atoms with Crippen molar-refractivity contribution in [2.75, 3.05) is 0 Å². The van der Waals surface area contributed by atoms with Crippen LogP contribution in [0.15, 0.2) is 77.2 Å². The molecule has 0 fully saturated rings. The molecular formula is C21H19N5OS. The molecule has 0 radical (unpaired) electrons. The predicted molar refractivity (Wildman–Crippen MR) is 112 cm³/mol. The summed E-state index contributed by atoms with van der Waals surface area (Å²) in [5.74, 6) is 2.01. The van der Waals surface area contributed by atoms with E-state index in [1.807, 2.05) is 59.2 Å². The fourth-order valence-corrected chi connectivity index (χ4v) is 3.94. The van der Waals surface area contributed by atoms with Gasteiger partial charge in [-0.3, -0.25) is 13.9 Å². The molecule has 0 aliphatic heterocycles. The molecule has 6 nitrogen and oxygen atoms in total. The molecule has 2 aromatic carbocycles. The molecule has 0 unspecified atom stereocenters. The molecule has 2 aromatic heterocycles. The van der Waals surface area contributed by atoms with Crippen molar-refractivity contribution in [3.8, 4) is 11.4 Å². The van der Waals surface area contributed by atoms with E-state index in [-0.39, 0.29) is 5.56 Å². The van der Waals surface area contributed by atoms with Gasteiger partial charge in [0.1, 0.15) is 5.82 Å².